The van der Waals surface area contributed by atoms with Gasteiger partial charge in [-0.05, 0) is 18.6 Å². The van der Waals surface area contributed by atoms with Gasteiger partial charge in [-0.3, -0.25) is 4.79 Å². The lowest BCUT2D eigenvalue weighted by atomic mass is 10.2. The molecule has 0 aliphatic rings. The minimum Gasteiger partial charge on any atom is -0.387 e. The van der Waals surface area contributed by atoms with E-state index in [1.54, 1.807) is 12.3 Å². The summed E-state index contributed by atoms with van der Waals surface area (Å²) < 4.78 is 0. The monoisotopic (exact) mass is 235 g/mol. The molecule has 0 spiro atoms. The van der Waals surface area contributed by atoms with Crippen LogP contribution >= 0.6 is 0 Å². The van der Waals surface area contributed by atoms with E-state index in [0.29, 0.717) is 5.69 Å². The topological polar surface area (TPSA) is 54.0 Å². The van der Waals surface area contributed by atoms with Gasteiger partial charge in [0.1, 0.15) is 5.69 Å². The highest BCUT2D eigenvalue weighted by molar-refractivity contribution is 5.92. The molecule has 2 N–H and O–H groups in total. The van der Waals surface area contributed by atoms with Gasteiger partial charge in [-0.25, -0.2) is 4.98 Å². The fraction of sp³-hybridized carbons (Fsp3) is 0.538. The second-order valence-electron chi connectivity index (χ2n) is 4.00. The molecule has 0 aliphatic carbocycles. The lowest BCUT2D eigenvalue weighted by Crippen LogP contribution is -2.25. The number of anilines is 1. The smallest absolute Gasteiger partial charge is 0.269 e. The molecule has 94 valence electrons. The Morgan fingerprint density at radius 1 is 1.29 bits per heavy atom. The number of aromatic nitrogens is 1. The first-order valence-corrected chi connectivity index (χ1v) is 6.20. The van der Waals surface area contributed by atoms with Crippen molar-refractivity contribution in [1.82, 2.24) is 10.3 Å². The summed E-state index contributed by atoms with van der Waals surface area (Å²) in [5.41, 5.74) is 1.38. The molecule has 0 fully saturated rings. The number of nitrogens with one attached hydrogen (secondary N) is 2. The highest BCUT2D eigenvalue weighted by Crippen LogP contribution is 2.04. The molecule has 17 heavy (non-hydrogen) atoms. The number of carbonyl (C=O) groups excluding carboxylic acids is 1. The third kappa shape index (κ3) is 4.85. The highest BCUT2D eigenvalue weighted by Gasteiger charge is 2.05. The van der Waals surface area contributed by atoms with Crippen LogP contribution in [0.2, 0.25) is 0 Å². The van der Waals surface area contributed by atoms with Gasteiger partial charge in [0.2, 0.25) is 0 Å². The number of amides is 1. The van der Waals surface area contributed by atoms with E-state index in [-0.39, 0.29) is 5.91 Å². The zero-order valence-corrected chi connectivity index (χ0v) is 10.6. The lowest BCUT2D eigenvalue weighted by molar-refractivity contribution is 0.0948. The fourth-order valence-electron chi connectivity index (χ4n) is 1.52. The van der Waals surface area contributed by atoms with Gasteiger partial charge < -0.3 is 10.6 Å². The Kier molecular flexibility index (Phi) is 6.07. The summed E-state index contributed by atoms with van der Waals surface area (Å²) in [6, 6.07) is 3.58. The summed E-state index contributed by atoms with van der Waals surface area (Å²) in [7, 11) is 1.82. The predicted molar refractivity (Wildman–Crippen MR) is 70.3 cm³/mol. The van der Waals surface area contributed by atoms with Crippen LogP contribution in [-0.2, 0) is 0 Å². The van der Waals surface area contributed by atoms with Crippen LogP contribution in [0.4, 0.5) is 5.69 Å². The van der Waals surface area contributed by atoms with Crippen molar-refractivity contribution in [1.29, 1.82) is 0 Å². The van der Waals surface area contributed by atoms with Crippen molar-refractivity contribution in [3.8, 4) is 0 Å². The number of rotatable bonds is 7. The first-order valence-electron chi connectivity index (χ1n) is 6.20. The number of hydrogen-bond donors (Lipinski definition) is 2. The van der Waals surface area contributed by atoms with Gasteiger partial charge in [-0.1, -0.05) is 26.2 Å². The second kappa shape index (κ2) is 7.65. The quantitative estimate of drug-likeness (QED) is 0.714. The zero-order valence-electron chi connectivity index (χ0n) is 10.6. The van der Waals surface area contributed by atoms with Crippen molar-refractivity contribution in [3.05, 3.63) is 24.0 Å². The molecule has 1 aromatic rings. The summed E-state index contributed by atoms with van der Waals surface area (Å²) in [5, 5.41) is 5.84. The Labute approximate surface area is 103 Å². The molecule has 0 atom stereocenters. The van der Waals surface area contributed by atoms with Crippen molar-refractivity contribution < 1.29 is 4.79 Å². The Hall–Kier alpha value is -1.58. The van der Waals surface area contributed by atoms with E-state index in [2.05, 4.69) is 22.5 Å². The van der Waals surface area contributed by atoms with Gasteiger partial charge in [-0.15, -0.1) is 0 Å². The number of pyridine rings is 1. The van der Waals surface area contributed by atoms with Gasteiger partial charge in [0, 0.05) is 13.6 Å². The summed E-state index contributed by atoms with van der Waals surface area (Å²) in [5.74, 6) is -0.0934. The molecule has 0 saturated carbocycles. The Bertz CT molecular complexity index is 335. The van der Waals surface area contributed by atoms with E-state index >= 15 is 0 Å². The van der Waals surface area contributed by atoms with E-state index in [4.69, 9.17) is 0 Å². The molecule has 1 amide bonds. The van der Waals surface area contributed by atoms with E-state index < -0.39 is 0 Å². The molecule has 0 bridgehead atoms. The number of hydrogen-bond acceptors (Lipinski definition) is 3. The van der Waals surface area contributed by atoms with Crippen LogP contribution in [0.15, 0.2) is 18.3 Å². The minimum atomic E-state index is -0.0934. The molecule has 1 rings (SSSR count). The summed E-state index contributed by atoms with van der Waals surface area (Å²) in [6.45, 7) is 2.90. The maximum Gasteiger partial charge on any atom is 0.269 e. The summed E-state index contributed by atoms with van der Waals surface area (Å²) in [6.07, 6.45) is 6.30. The van der Waals surface area contributed by atoms with Crippen molar-refractivity contribution in [2.45, 2.75) is 32.6 Å². The Morgan fingerprint density at radius 2 is 2.12 bits per heavy atom. The normalized spacial score (nSPS) is 10.0. The first kappa shape index (κ1) is 13.5. The Morgan fingerprint density at radius 3 is 2.71 bits per heavy atom. The Balaban J connectivity index is 2.31. The average molecular weight is 235 g/mol. The predicted octanol–water partition coefficient (Wildman–Crippen LogP) is 2.43. The molecule has 1 heterocycles. The van der Waals surface area contributed by atoms with Crippen LogP contribution in [0, 0.1) is 0 Å². The van der Waals surface area contributed by atoms with E-state index in [1.165, 1.54) is 19.3 Å². The van der Waals surface area contributed by atoms with Crippen molar-refractivity contribution in [2.75, 3.05) is 18.9 Å². The van der Waals surface area contributed by atoms with Crippen LogP contribution in [-0.4, -0.2) is 24.5 Å². The molecular weight excluding hydrogens is 214 g/mol. The van der Waals surface area contributed by atoms with E-state index in [0.717, 1.165) is 18.7 Å². The van der Waals surface area contributed by atoms with Crippen LogP contribution in [0.25, 0.3) is 0 Å². The van der Waals surface area contributed by atoms with Gasteiger partial charge in [0.25, 0.3) is 5.91 Å². The van der Waals surface area contributed by atoms with Crippen molar-refractivity contribution >= 4 is 11.6 Å². The number of carbonyl (C=O) groups is 1. The van der Waals surface area contributed by atoms with Gasteiger partial charge in [0.05, 0.1) is 11.9 Å². The third-order valence-corrected chi connectivity index (χ3v) is 2.60. The second-order valence-corrected chi connectivity index (χ2v) is 4.00. The molecule has 0 radical (unpaired) electrons. The van der Waals surface area contributed by atoms with Crippen molar-refractivity contribution in [3.63, 3.8) is 0 Å². The highest BCUT2D eigenvalue weighted by atomic mass is 16.1. The molecular formula is C13H21N3O. The number of unbranched alkanes of at least 4 members (excludes halogenated alkanes) is 3. The number of nitrogens with zero attached hydrogens (tertiary/aromatic N) is 1. The van der Waals surface area contributed by atoms with E-state index in [9.17, 15) is 4.79 Å². The summed E-state index contributed by atoms with van der Waals surface area (Å²) >= 11 is 0. The SMILES string of the molecule is CCCCCCNC(=O)c1ccc(NC)cn1. The van der Waals surface area contributed by atoms with Gasteiger partial charge in [-0.2, -0.15) is 0 Å². The standard InChI is InChI=1S/C13H21N3O/c1-3-4-5-6-9-15-13(17)12-8-7-11(14-2)10-16-12/h7-8,10,14H,3-6,9H2,1-2H3,(H,15,17). The maximum atomic E-state index is 11.7. The summed E-state index contributed by atoms with van der Waals surface area (Å²) in [4.78, 5) is 15.8. The van der Waals surface area contributed by atoms with Crippen LogP contribution in [0.3, 0.4) is 0 Å². The van der Waals surface area contributed by atoms with Gasteiger partial charge in [0.15, 0.2) is 0 Å². The third-order valence-electron chi connectivity index (χ3n) is 2.60. The van der Waals surface area contributed by atoms with Crippen LogP contribution < -0.4 is 10.6 Å². The lowest BCUT2D eigenvalue weighted by Gasteiger charge is -2.05. The maximum absolute atomic E-state index is 11.7. The van der Waals surface area contributed by atoms with Crippen LogP contribution in [0.1, 0.15) is 43.1 Å². The molecule has 1 aromatic heterocycles. The van der Waals surface area contributed by atoms with Crippen molar-refractivity contribution in [2.24, 2.45) is 0 Å². The molecule has 0 aliphatic heterocycles. The molecule has 0 aromatic carbocycles. The van der Waals surface area contributed by atoms with Gasteiger partial charge >= 0.3 is 0 Å². The average Bonchev–Trinajstić information content (AvgIpc) is 2.38. The molecule has 4 nitrogen and oxygen atoms in total. The zero-order chi connectivity index (χ0) is 12.5. The molecule has 4 heteroatoms. The first-order chi connectivity index (χ1) is 8.27. The minimum absolute atomic E-state index is 0.0934. The fourth-order valence-corrected chi connectivity index (χ4v) is 1.52. The molecule has 0 unspecified atom stereocenters. The van der Waals surface area contributed by atoms with Crippen LogP contribution in [0.5, 0.6) is 0 Å². The largest absolute Gasteiger partial charge is 0.387 e. The van der Waals surface area contributed by atoms with E-state index in [1.807, 2.05) is 13.1 Å². The molecule has 0 saturated heterocycles.